The van der Waals surface area contributed by atoms with Crippen LogP contribution < -0.4 is 0 Å². The van der Waals surface area contributed by atoms with Crippen molar-refractivity contribution in [3.05, 3.63) is 0 Å². The smallest absolute Gasteiger partial charge is 0.308 e. The van der Waals surface area contributed by atoms with E-state index in [-0.39, 0.29) is 24.1 Å². The average molecular weight is 186 g/mol. The average Bonchev–Trinajstić information content (AvgIpc) is 2.63. The van der Waals surface area contributed by atoms with Gasteiger partial charge >= 0.3 is 5.97 Å². The van der Waals surface area contributed by atoms with Gasteiger partial charge in [-0.05, 0) is 19.3 Å². The van der Waals surface area contributed by atoms with Crippen molar-refractivity contribution in [3.63, 3.8) is 0 Å². The molecular formula is C9H14O4. The van der Waals surface area contributed by atoms with Gasteiger partial charge in [0.25, 0.3) is 0 Å². The van der Waals surface area contributed by atoms with Gasteiger partial charge in [0.15, 0.2) is 0 Å². The van der Waals surface area contributed by atoms with E-state index in [2.05, 4.69) is 0 Å². The Morgan fingerprint density at radius 1 is 1.31 bits per heavy atom. The lowest BCUT2D eigenvalue weighted by Crippen LogP contribution is -2.34. The van der Waals surface area contributed by atoms with Crippen molar-refractivity contribution in [2.75, 3.05) is 13.9 Å². The first-order valence-corrected chi connectivity index (χ1v) is 4.62. The highest BCUT2D eigenvalue weighted by molar-refractivity contribution is 5.72. The van der Waals surface area contributed by atoms with Gasteiger partial charge in [0.2, 0.25) is 0 Å². The summed E-state index contributed by atoms with van der Waals surface area (Å²) in [7, 11) is 1.43. The van der Waals surface area contributed by atoms with Crippen molar-refractivity contribution in [1.29, 1.82) is 0 Å². The molecule has 0 amide bonds. The van der Waals surface area contributed by atoms with Crippen LogP contribution in [0, 0.1) is 5.92 Å². The summed E-state index contributed by atoms with van der Waals surface area (Å²) in [5.41, 5.74) is 0. The van der Waals surface area contributed by atoms with E-state index in [0.717, 1.165) is 19.3 Å². The Hall–Kier alpha value is -0.610. The van der Waals surface area contributed by atoms with Gasteiger partial charge in [-0.15, -0.1) is 0 Å². The Labute approximate surface area is 77.1 Å². The van der Waals surface area contributed by atoms with E-state index in [1.807, 2.05) is 0 Å². The molecule has 2 fully saturated rings. The molecule has 13 heavy (non-hydrogen) atoms. The summed E-state index contributed by atoms with van der Waals surface area (Å²) in [5, 5.41) is 0. The largest absolute Gasteiger partial charge is 0.469 e. The van der Waals surface area contributed by atoms with E-state index in [1.165, 1.54) is 7.11 Å². The summed E-state index contributed by atoms with van der Waals surface area (Å²) in [5.74, 6) is -0.109. The molecule has 3 unspecified atom stereocenters. The first-order chi connectivity index (χ1) is 6.31. The van der Waals surface area contributed by atoms with Gasteiger partial charge in [-0.2, -0.15) is 0 Å². The van der Waals surface area contributed by atoms with Crippen LogP contribution in [0.2, 0.25) is 0 Å². The third-order valence-corrected chi connectivity index (χ3v) is 2.83. The van der Waals surface area contributed by atoms with E-state index in [9.17, 15) is 4.79 Å². The van der Waals surface area contributed by atoms with Gasteiger partial charge in [-0.1, -0.05) is 0 Å². The molecule has 0 N–H and O–H groups in total. The minimum Gasteiger partial charge on any atom is -0.469 e. The summed E-state index contributed by atoms with van der Waals surface area (Å²) in [4.78, 5) is 11.2. The molecule has 0 radical (unpaired) electrons. The van der Waals surface area contributed by atoms with Crippen molar-refractivity contribution in [2.45, 2.75) is 31.5 Å². The van der Waals surface area contributed by atoms with Crippen molar-refractivity contribution in [3.8, 4) is 0 Å². The lowest BCUT2D eigenvalue weighted by atomic mass is 9.85. The first-order valence-electron chi connectivity index (χ1n) is 4.62. The maximum absolute atomic E-state index is 11.2. The molecule has 1 aliphatic heterocycles. The van der Waals surface area contributed by atoms with Crippen molar-refractivity contribution in [1.82, 2.24) is 0 Å². The maximum Gasteiger partial charge on any atom is 0.308 e. The number of rotatable bonds is 1. The normalized spacial score (nSPS) is 38.4. The fourth-order valence-corrected chi connectivity index (χ4v) is 2.06. The number of hydrogen-bond acceptors (Lipinski definition) is 4. The van der Waals surface area contributed by atoms with Crippen molar-refractivity contribution >= 4 is 5.97 Å². The minimum absolute atomic E-state index is 0.00736. The predicted octanol–water partition coefficient (Wildman–Crippen LogP) is 0.701. The molecule has 1 saturated carbocycles. The van der Waals surface area contributed by atoms with Crippen LogP contribution in [0.15, 0.2) is 0 Å². The standard InChI is InChI=1S/C9H14O4/c1-11-9(10)6-2-3-7-8(4-6)13-5-12-7/h6-8H,2-5H2,1H3. The molecule has 2 rings (SSSR count). The molecule has 1 aliphatic carbocycles. The Balaban J connectivity index is 1.93. The van der Waals surface area contributed by atoms with E-state index in [4.69, 9.17) is 14.2 Å². The van der Waals surface area contributed by atoms with Crippen LogP contribution in [0.3, 0.4) is 0 Å². The SMILES string of the molecule is COC(=O)C1CCC2OCOC2C1. The van der Waals surface area contributed by atoms with E-state index in [0.29, 0.717) is 6.79 Å². The second kappa shape index (κ2) is 3.64. The first kappa shape index (κ1) is 8.97. The van der Waals surface area contributed by atoms with Crippen LogP contribution in [0.25, 0.3) is 0 Å². The summed E-state index contributed by atoms with van der Waals surface area (Å²) in [6, 6.07) is 0. The molecule has 3 atom stereocenters. The maximum atomic E-state index is 11.2. The highest BCUT2D eigenvalue weighted by Crippen LogP contribution is 2.32. The zero-order valence-corrected chi connectivity index (χ0v) is 7.69. The molecule has 0 aromatic rings. The third kappa shape index (κ3) is 1.69. The molecule has 4 heteroatoms. The van der Waals surface area contributed by atoms with E-state index >= 15 is 0 Å². The molecular weight excluding hydrogens is 172 g/mol. The van der Waals surface area contributed by atoms with Gasteiger partial charge in [0, 0.05) is 0 Å². The van der Waals surface area contributed by atoms with Gasteiger partial charge in [0.05, 0.1) is 25.2 Å². The van der Waals surface area contributed by atoms with Crippen molar-refractivity contribution < 1.29 is 19.0 Å². The van der Waals surface area contributed by atoms with Crippen LogP contribution in [0.5, 0.6) is 0 Å². The summed E-state index contributed by atoms with van der Waals surface area (Å²) in [6.45, 7) is 0.378. The van der Waals surface area contributed by atoms with E-state index in [1.54, 1.807) is 0 Å². The van der Waals surface area contributed by atoms with Crippen LogP contribution in [0.1, 0.15) is 19.3 Å². The number of fused-ring (bicyclic) bond motifs is 1. The molecule has 0 bridgehead atoms. The topological polar surface area (TPSA) is 44.8 Å². The highest BCUT2D eigenvalue weighted by Gasteiger charge is 2.38. The molecule has 0 spiro atoms. The Morgan fingerprint density at radius 2 is 2.08 bits per heavy atom. The molecule has 74 valence electrons. The van der Waals surface area contributed by atoms with Gasteiger partial charge in [-0.3, -0.25) is 4.79 Å². The van der Waals surface area contributed by atoms with Crippen LogP contribution in [-0.4, -0.2) is 32.1 Å². The number of carbonyl (C=O) groups is 1. The number of ether oxygens (including phenoxy) is 3. The van der Waals surface area contributed by atoms with E-state index < -0.39 is 0 Å². The fourth-order valence-electron chi connectivity index (χ4n) is 2.06. The Kier molecular flexibility index (Phi) is 2.51. The van der Waals surface area contributed by atoms with Gasteiger partial charge < -0.3 is 14.2 Å². The zero-order chi connectivity index (χ0) is 9.26. The molecule has 2 aliphatic rings. The molecule has 0 aromatic heterocycles. The Bertz CT molecular complexity index is 204. The molecule has 1 heterocycles. The highest BCUT2D eigenvalue weighted by atomic mass is 16.7. The Morgan fingerprint density at radius 3 is 2.85 bits per heavy atom. The third-order valence-electron chi connectivity index (χ3n) is 2.83. The lowest BCUT2D eigenvalue weighted by Gasteiger charge is -2.27. The molecule has 1 saturated heterocycles. The lowest BCUT2D eigenvalue weighted by molar-refractivity contribution is -0.148. The van der Waals surface area contributed by atoms with Gasteiger partial charge in [-0.25, -0.2) is 0 Å². The zero-order valence-electron chi connectivity index (χ0n) is 7.69. The van der Waals surface area contributed by atoms with Crippen LogP contribution in [-0.2, 0) is 19.0 Å². The molecule has 4 nitrogen and oxygen atoms in total. The second-order valence-electron chi connectivity index (χ2n) is 3.56. The number of carbonyl (C=O) groups excluding carboxylic acids is 1. The fraction of sp³-hybridized carbons (Fsp3) is 0.889. The number of methoxy groups -OCH3 is 1. The number of esters is 1. The number of hydrogen-bond donors (Lipinski definition) is 0. The van der Waals surface area contributed by atoms with Crippen molar-refractivity contribution in [2.24, 2.45) is 5.92 Å². The quantitative estimate of drug-likeness (QED) is 0.565. The summed E-state index contributed by atoms with van der Waals surface area (Å²) >= 11 is 0. The van der Waals surface area contributed by atoms with Gasteiger partial charge in [0.1, 0.15) is 6.79 Å². The monoisotopic (exact) mass is 186 g/mol. The van der Waals surface area contributed by atoms with Crippen LogP contribution >= 0.6 is 0 Å². The predicted molar refractivity (Wildman–Crippen MR) is 44.0 cm³/mol. The molecule has 0 aromatic carbocycles. The summed E-state index contributed by atoms with van der Waals surface area (Å²) in [6.07, 6.45) is 2.83. The minimum atomic E-state index is -0.117. The summed E-state index contributed by atoms with van der Waals surface area (Å²) < 4.78 is 15.4. The van der Waals surface area contributed by atoms with Crippen LogP contribution in [0.4, 0.5) is 0 Å². The second-order valence-corrected chi connectivity index (χ2v) is 3.56.